The van der Waals surface area contributed by atoms with Crippen LogP contribution in [0.3, 0.4) is 0 Å². The molecule has 2 aromatic rings. The Balaban J connectivity index is 1.81. The predicted molar refractivity (Wildman–Crippen MR) is 73.3 cm³/mol. The van der Waals surface area contributed by atoms with Crippen molar-refractivity contribution < 1.29 is 9.47 Å². The Hall–Kier alpha value is -1.66. The van der Waals surface area contributed by atoms with Gasteiger partial charge in [-0.05, 0) is 13.8 Å². The number of hydrogen-bond acceptors (Lipinski definition) is 4. The first kappa shape index (κ1) is 13.3. The molecule has 1 atom stereocenters. The Morgan fingerprint density at radius 3 is 3.30 bits per heavy atom. The largest absolute Gasteiger partial charge is 0.376 e. The SMILES string of the molecule is CCOC(C)c1nccn1Cc1n[nH]c2c1COCC2. The molecule has 2 aromatic heterocycles. The summed E-state index contributed by atoms with van der Waals surface area (Å²) < 4.78 is 13.2. The summed E-state index contributed by atoms with van der Waals surface area (Å²) in [4.78, 5) is 4.40. The van der Waals surface area contributed by atoms with Gasteiger partial charge in [0.1, 0.15) is 11.9 Å². The second-order valence-corrected chi connectivity index (χ2v) is 4.94. The lowest BCUT2D eigenvalue weighted by Crippen LogP contribution is -2.13. The fourth-order valence-electron chi connectivity index (χ4n) is 2.60. The molecule has 3 heterocycles. The number of rotatable bonds is 5. The highest BCUT2D eigenvalue weighted by Gasteiger charge is 2.19. The van der Waals surface area contributed by atoms with Gasteiger partial charge in [-0.15, -0.1) is 0 Å². The number of nitrogens with one attached hydrogen (secondary N) is 1. The summed E-state index contributed by atoms with van der Waals surface area (Å²) in [5.74, 6) is 0.931. The van der Waals surface area contributed by atoms with Crippen LogP contribution in [0.25, 0.3) is 0 Å². The topological polar surface area (TPSA) is 65.0 Å². The molecule has 1 N–H and O–H groups in total. The van der Waals surface area contributed by atoms with E-state index in [-0.39, 0.29) is 6.10 Å². The first-order valence-corrected chi connectivity index (χ1v) is 7.05. The second kappa shape index (κ2) is 5.76. The van der Waals surface area contributed by atoms with E-state index in [0.717, 1.165) is 24.5 Å². The summed E-state index contributed by atoms with van der Waals surface area (Å²) in [5.41, 5.74) is 3.42. The van der Waals surface area contributed by atoms with E-state index in [4.69, 9.17) is 9.47 Å². The zero-order valence-corrected chi connectivity index (χ0v) is 11.9. The number of fused-ring (bicyclic) bond motifs is 1. The predicted octanol–water partition coefficient (Wildman–Crippen LogP) is 1.82. The van der Waals surface area contributed by atoms with E-state index in [1.54, 1.807) is 6.20 Å². The maximum atomic E-state index is 5.62. The van der Waals surface area contributed by atoms with Crippen LogP contribution in [-0.2, 0) is 29.0 Å². The minimum atomic E-state index is -0.0129. The summed E-state index contributed by atoms with van der Waals surface area (Å²) >= 11 is 0. The lowest BCUT2D eigenvalue weighted by atomic mass is 10.1. The highest BCUT2D eigenvalue weighted by molar-refractivity contribution is 5.26. The Labute approximate surface area is 118 Å². The van der Waals surface area contributed by atoms with Crippen LogP contribution in [0.4, 0.5) is 0 Å². The van der Waals surface area contributed by atoms with Gasteiger partial charge >= 0.3 is 0 Å². The molecule has 1 unspecified atom stereocenters. The molecule has 6 nitrogen and oxygen atoms in total. The van der Waals surface area contributed by atoms with E-state index in [2.05, 4.69) is 19.7 Å². The molecule has 3 rings (SSSR count). The van der Waals surface area contributed by atoms with Gasteiger partial charge in [-0.2, -0.15) is 5.10 Å². The molecule has 0 saturated heterocycles. The Morgan fingerprint density at radius 1 is 1.55 bits per heavy atom. The highest BCUT2D eigenvalue weighted by Crippen LogP contribution is 2.21. The van der Waals surface area contributed by atoms with Gasteiger partial charge in [-0.3, -0.25) is 5.10 Å². The van der Waals surface area contributed by atoms with Gasteiger partial charge in [-0.1, -0.05) is 0 Å². The van der Waals surface area contributed by atoms with Crippen molar-refractivity contribution in [3.05, 3.63) is 35.2 Å². The first-order chi connectivity index (χ1) is 9.79. The van der Waals surface area contributed by atoms with Gasteiger partial charge in [0, 0.05) is 36.7 Å². The molecule has 0 amide bonds. The molecule has 6 heteroatoms. The lowest BCUT2D eigenvalue weighted by molar-refractivity contribution is 0.0677. The van der Waals surface area contributed by atoms with Crippen molar-refractivity contribution in [1.29, 1.82) is 0 Å². The van der Waals surface area contributed by atoms with Crippen molar-refractivity contribution in [2.75, 3.05) is 13.2 Å². The van der Waals surface area contributed by atoms with Gasteiger partial charge in [-0.25, -0.2) is 4.98 Å². The van der Waals surface area contributed by atoms with E-state index in [9.17, 15) is 0 Å². The summed E-state index contributed by atoms with van der Waals surface area (Å²) in [7, 11) is 0. The third kappa shape index (κ3) is 2.48. The minimum Gasteiger partial charge on any atom is -0.376 e. The number of ether oxygens (including phenoxy) is 2. The molecule has 1 aliphatic heterocycles. The summed E-state index contributed by atoms with van der Waals surface area (Å²) in [6.45, 7) is 6.80. The maximum Gasteiger partial charge on any atom is 0.137 e. The average Bonchev–Trinajstić information content (AvgIpc) is 3.07. The molecule has 108 valence electrons. The first-order valence-electron chi connectivity index (χ1n) is 7.05. The van der Waals surface area contributed by atoms with Gasteiger partial charge in [0.25, 0.3) is 0 Å². The Kier molecular flexibility index (Phi) is 3.84. The molecule has 0 saturated carbocycles. The Morgan fingerprint density at radius 2 is 2.45 bits per heavy atom. The van der Waals surface area contributed by atoms with Crippen molar-refractivity contribution in [2.45, 2.75) is 39.5 Å². The van der Waals surface area contributed by atoms with Gasteiger partial charge < -0.3 is 14.0 Å². The van der Waals surface area contributed by atoms with Crippen LogP contribution in [0.1, 0.15) is 42.7 Å². The lowest BCUT2D eigenvalue weighted by Gasteiger charge is -2.15. The number of imidazole rings is 1. The monoisotopic (exact) mass is 276 g/mol. The molecule has 20 heavy (non-hydrogen) atoms. The average molecular weight is 276 g/mol. The zero-order valence-electron chi connectivity index (χ0n) is 11.9. The summed E-state index contributed by atoms with van der Waals surface area (Å²) in [6, 6.07) is 0. The number of hydrogen-bond donors (Lipinski definition) is 1. The third-order valence-corrected chi connectivity index (χ3v) is 3.63. The number of aromatic amines is 1. The van der Waals surface area contributed by atoms with E-state index in [0.29, 0.717) is 19.8 Å². The fraction of sp³-hybridized carbons (Fsp3) is 0.571. The second-order valence-electron chi connectivity index (χ2n) is 4.94. The third-order valence-electron chi connectivity index (χ3n) is 3.63. The van der Waals surface area contributed by atoms with Crippen molar-refractivity contribution in [3.63, 3.8) is 0 Å². The van der Waals surface area contributed by atoms with Crippen molar-refractivity contribution in [3.8, 4) is 0 Å². The van der Waals surface area contributed by atoms with Crippen LogP contribution in [0.5, 0.6) is 0 Å². The minimum absolute atomic E-state index is 0.0129. The Bertz CT molecular complexity index is 575. The number of nitrogens with zero attached hydrogens (tertiary/aromatic N) is 3. The molecule has 0 radical (unpaired) electrons. The molecule has 0 bridgehead atoms. The maximum absolute atomic E-state index is 5.62. The molecular formula is C14H20N4O2. The highest BCUT2D eigenvalue weighted by atomic mass is 16.5. The van der Waals surface area contributed by atoms with Crippen LogP contribution >= 0.6 is 0 Å². The van der Waals surface area contributed by atoms with Gasteiger partial charge in [0.15, 0.2) is 0 Å². The standard InChI is InChI=1S/C14H20N4O2/c1-3-20-10(2)14-15-5-6-18(14)8-13-11-9-19-7-4-12(11)16-17-13/h5-6,10H,3-4,7-9H2,1-2H3,(H,16,17). The molecular weight excluding hydrogens is 256 g/mol. The van der Waals surface area contributed by atoms with Gasteiger partial charge in [0.2, 0.25) is 0 Å². The molecule has 0 fully saturated rings. The van der Waals surface area contributed by atoms with Gasteiger partial charge in [0.05, 0.1) is 25.5 Å². The number of aromatic nitrogens is 4. The van der Waals surface area contributed by atoms with E-state index in [1.807, 2.05) is 20.0 Å². The number of H-pyrrole nitrogens is 1. The van der Waals surface area contributed by atoms with Crippen molar-refractivity contribution in [1.82, 2.24) is 19.7 Å². The normalized spacial score (nSPS) is 16.1. The van der Waals surface area contributed by atoms with E-state index in [1.165, 1.54) is 11.3 Å². The molecule has 0 aliphatic carbocycles. The molecule has 0 spiro atoms. The fourth-order valence-corrected chi connectivity index (χ4v) is 2.60. The van der Waals surface area contributed by atoms with Crippen LogP contribution in [0.2, 0.25) is 0 Å². The van der Waals surface area contributed by atoms with Crippen LogP contribution in [0, 0.1) is 0 Å². The van der Waals surface area contributed by atoms with Crippen molar-refractivity contribution >= 4 is 0 Å². The smallest absolute Gasteiger partial charge is 0.137 e. The van der Waals surface area contributed by atoms with E-state index < -0.39 is 0 Å². The summed E-state index contributed by atoms with van der Waals surface area (Å²) in [5, 5.41) is 7.54. The molecule has 0 aromatic carbocycles. The van der Waals surface area contributed by atoms with Crippen LogP contribution in [-0.4, -0.2) is 33.0 Å². The van der Waals surface area contributed by atoms with Crippen LogP contribution < -0.4 is 0 Å². The van der Waals surface area contributed by atoms with E-state index >= 15 is 0 Å². The summed E-state index contributed by atoms with van der Waals surface area (Å²) in [6.07, 6.45) is 4.67. The molecule has 1 aliphatic rings. The van der Waals surface area contributed by atoms with Crippen molar-refractivity contribution in [2.24, 2.45) is 0 Å². The zero-order chi connectivity index (χ0) is 13.9. The van der Waals surface area contributed by atoms with Crippen LogP contribution in [0.15, 0.2) is 12.4 Å². The quantitative estimate of drug-likeness (QED) is 0.904.